The minimum atomic E-state index is -4.45. The van der Waals surface area contributed by atoms with Gasteiger partial charge in [-0.15, -0.1) is 0 Å². The third kappa shape index (κ3) is 4.49. The molecule has 112 valence electrons. The summed E-state index contributed by atoms with van der Waals surface area (Å²) >= 11 is 0. The van der Waals surface area contributed by atoms with Crippen molar-refractivity contribution < 1.29 is 21.6 Å². The largest absolute Gasteiger partial charge is 0.390 e. The Morgan fingerprint density at radius 1 is 1.20 bits per heavy atom. The lowest BCUT2D eigenvalue weighted by Crippen LogP contribution is -2.40. The van der Waals surface area contributed by atoms with E-state index in [1.807, 2.05) is 24.3 Å². The van der Waals surface area contributed by atoms with Gasteiger partial charge in [0.15, 0.2) is 0 Å². The first kappa shape index (κ1) is 15.3. The van der Waals surface area contributed by atoms with Crippen molar-refractivity contribution in [3.8, 4) is 0 Å². The van der Waals surface area contributed by atoms with Gasteiger partial charge >= 0.3 is 6.18 Å². The Kier molecular flexibility index (Phi) is 4.39. The van der Waals surface area contributed by atoms with Crippen LogP contribution in [0.2, 0.25) is 0 Å². The van der Waals surface area contributed by atoms with E-state index in [-0.39, 0.29) is 6.04 Å². The van der Waals surface area contributed by atoms with Crippen LogP contribution in [-0.2, 0) is 22.9 Å². The zero-order valence-electron chi connectivity index (χ0n) is 10.8. The van der Waals surface area contributed by atoms with Crippen LogP contribution < -0.4 is 4.72 Å². The number of fused-ring (bicyclic) bond motifs is 1. The lowest BCUT2D eigenvalue weighted by atomic mass is 9.89. The standard InChI is InChI=1S/C13H16F3NO2S/c14-13(15,16)7-8-20(18,19)17-12-6-5-10-3-1-2-4-11(10)9-12/h1-4,12,17H,5-9H2/t12-/m0/s1. The number of nitrogens with one attached hydrogen (secondary N) is 1. The van der Waals surface area contributed by atoms with Crippen LogP contribution in [-0.4, -0.2) is 26.4 Å². The molecule has 7 heteroatoms. The average Bonchev–Trinajstić information content (AvgIpc) is 2.35. The van der Waals surface area contributed by atoms with Crippen LogP contribution >= 0.6 is 0 Å². The average molecular weight is 307 g/mol. The van der Waals surface area contributed by atoms with Gasteiger partial charge in [-0.25, -0.2) is 13.1 Å². The van der Waals surface area contributed by atoms with Crippen molar-refractivity contribution in [2.75, 3.05) is 5.75 Å². The highest BCUT2D eigenvalue weighted by molar-refractivity contribution is 7.89. The van der Waals surface area contributed by atoms with Gasteiger partial charge in [0.05, 0.1) is 12.2 Å². The van der Waals surface area contributed by atoms with Gasteiger partial charge in [0.2, 0.25) is 10.0 Å². The summed E-state index contributed by atoms with van der Waals surface area (Å²) in [6.45, 7) is 0. The van der Waals surface area contributed by atoms with Crippen molar-refractivity contribution in [3.05, 3.63) is 35.4 Å². The molecule has 0 aromatic heterocycles. The molecular formula is C13H16F3NO2S. The van der Waals surface area contributed by atoms with Crippen LogP contribution in [0.25, 0.3) is 0 Å². The fourth-order valence-electron chi connectivity index (χ4n) is 2.36. The van der Waals surface area contributed by atoms with Gasteiger partial charge in [0, 0.05) is 6.04 Å². The zero-order chi connectivity index (χ0) is 14.8. The molecule has 0 aliphatic heterocycles. The Balaban J connectivity index is 1.95. The SMILES string of the molecule is O=S(=O)(CCC(F)(F)F)N[C@H]1CCc2ccccc2C1. The minimum Gasteiger partial charge on any atom is -0.212 e. The van der Waals surface area contributed by atoms with E-state index >= 15 is 0 Å². The van der Waals surface area contributed by atoms with Gasteiger partial charge in [-0.05, 0) is 30.4 Å². The zero-order valence-corrected chi connectivity index (χ0v) is 11.6. The third-order valence-corrected chi connectivity index (χ3v) is 4.78. The van der Waals surface area contributed by atoms with Gasteiger partial charge in [-0.2, -0.15) is 13.2 Å². The molecule has 1 aromatic carbocycles. The number of alkyl halides is 3. The number of halogens is 3. The molecular weight excluding hydrogens is 291 g/mol. The molecule has 0 saturated heterocycles. The van der Waals surface area contributed by atoms with Crippen LogP contribution in [0, 0.1) is 0 Å². The van der Waals surface area contributed by atoms with E-state index in [0.717, 1.165) is 12.0 Å². The van der Waals surface area contributed by atoms with Gasteiger partial charge in [0.1, 0.15) is 0 Å². The lowest BCUT2D eigenvalue weighted by molar-refractivity contribution is -0.130. The number of sulfonamides is 1. The summed E-state index contributed by atoms with van der Waals surface area (Å²) in [6, 6.07) is 7.39. The topological polar surface area (TPSA) is 46.2 Å². The summed E-state index contributed by atoms with van der Waals surface area (Å²) in [4.78, 5) is 0. The third-order valence-electron chi connectivity index (χ3n) is 3.35. The van der Waals surface area contributed by atoms with Crippen LogP contribution in [0.4, 0.5) is 13.2 Å². The van der Waals surface area contributed by atoms with E-state index in [1.54, 1.807) is 0 Å². The normalized spacial score (nSPS) is 19.6. The van der Waals surface area contributed by atoms with Crippen LogP contribution in [0.3, 0.4) is 0 Å². The second-order valence-electron chi connectivity index (χ2n) is 5.01. The maximum absolute atomic E-state index is 12.1. The number of aryl methyl sites for hydroxylation is 1. The van der Waals surface area contributed by atoms with E-state index in [4.69, 9.17) is 0 Å². The molecule has 1 N–H and O–H groups in total. The van der Waals surface area contributed by atoms with E-state index in [2.05, 4.69) is 4.72 Å². The number of hydrogen-bond acceptors (Lipinski definition) is 2. The van der Waals surface area contributed by atoms with Crippen molar-refractivity contribution >= 4 is 10.0 Å². The maximum atomic E-state index is 12.1. The molecule has 3 nitrogen and oxygen atoms in total. The molecule has 1 aliphatic carbocycles. The van der Waals surface area contributed by atoms with E-state index in [9.17, 15) is 21.6 Å². The Morgan fingerprint density at radius 3 is 2.50 bits per heavy atom. The molecule has 1 atom stereocenters. The van der Waals surface area contributed by atoms with Crippen molar-refractivity contribution in [1.82, 2.24) is 4.72 Å². The first-order chi connectivity index (χ1) is 9.25. The molecule has 0 fully saturated rings. The minimum absolute atomic E-state index is 0.317. The fourth-order valence-corrected chi connectivity index (χ4v) is 3.69. The van der Waals surface area contributed by atoms with Gasteiger partial charge in [-0.1, -0.05) is 24.3 Å². The summed E-state index contributed by atoms with van der Waals surface area (Å²) in [7, 11) is -3.89. The summed E-state index contributed by atoms with van der Waals surface area (Å²) in [5.74, 6) is -0.908. The van der Waals surface area contributed by atoms with Crippen LogP contribution in [0.5, 0.6) is 0 Å². The first-order valence-corrected chi connectivity index (χ1v) is 8.04. The highest BCUT2D eigenvalue weighted by Gasteiger charge is 2.31. The summed E-state index contributed by atoms with van der Waals surface area (Å²) < 4.78 is 61.9. The van der Waals surface area contributed by atoms with Crippen molar-refractivity contribution in [2.45, 2.75) is 37.9 Å². The summed E-state index contributed by atoms with van der Waals surface area (Å²) in [5, 5.41) is 0. The highest BCUT2D eigenvalue weighted by Crippen LogP contribution is 2.23. The second-order valence-corrected chi connectivity index (χ2v) is 6.88. The quantitative estimate of drug-likeness (QED) is 0.928. The molecule has 0 saturated carbocycles. The Labute approximate surface area is 116 Å². The van der Waals surface area contributed by atoms with Gasteiger partial charge in [0.25, 0.3) is 0 Å². The molecule has 20 heavy (non-hydrogen) atoms. The maximum Gasteiger partial charge on any atom is 0.390 e. The lowest BCUT2D eigenvalue weighted by Gasteiger charge is -2.25. The molecule has 0 radical (unpaired) electrons. The summed E-state index contributed by atoms with van der Waals surface area (Å²) in [6.07, 6.45) is -3.88. The van der Waals surface area contributed by atoms with Crippen LogP contribution in [0.15, 0.2) is 24.3 Å². The summed E-state index contributed by atoms with van der Waals surface area (Å²) in [5.41, 5.74) is 2.24. The van der Waals surface area contributed by atoms with Gasteiger partial charge in [-0.3, -0.25) is 0 Å². The molecule has 0 unspecified atom stereocenters. The van der Waals surface area contributed by atoms with E-state index < -0.39 is 28.4 Å². The van der Waals surface area contributed by atoms with Crippen molar-refractivity contribution in [1.29, 1.82) is 0 Å². The highest BCUT2D eigenvalue weighted by atomic mass is 32.2. The number of benzene rings is 1. The Morgan fingerprint density at radius 2 is 1.85 bits per heavy atom. The van der Waals surface area contributed by atoms with Crippen molar-refractivity contribution in [2.24, 2.45) is 0 Å². The molecule has 1 aromatic rings. The Hall–Kier alpha value is -1.08. The first-order valence-electron chi connectivity index (χ1n) is 6.39. The second kappa shape index (κ2) is 5.73. The molecule has 0 heterocycles. The predicted molar refractivity (Wildman–Crippen MR) is 69.8 cm³/mol. The molecule has 2 rings (SSSR count). The number of hydrogen-bond donors (Lipinski definition) is 1. The molecule has 0 spiro atoms. The Bertz CT molecular complexity index is 569. The molecule has 0 amide bonds. The predicted octanol–water partition coefficient (Wildman–Crippen LogP) is 2.42. The van der Waals surface area contributed by atoms with Crippen molar-refractivity contribution in [3.63, 3.8) is 0 Å². The fraction of sp³-hybridized carbons (Fsp3) is 0.538. The van der Waals surface area contributed by atoms with E-state index in [0.29, 0.717) is 12.8 Å². The molecule has 1 aliphatic rings. The van der Waals surface area contributed by atoms with E-state index in [1.165, 1.54) is 5.56 Å². The van der Waals surface area contributed by atoms with Crippen LogP contribution in [0.1, 0.15) is 24.0 Å². The number of rotatable bonds is 4. The van der Waals surface area contributed by atoms with Gasteiger partial charge < -0.3 is 0 Å². The smallest absolute Gasteiger partial charge is 0.212 e. The monoisotopic (exact) mass is 307 g/mol. The molecule has 0 bridgehead atoms.